The van der Waals surface area contributed by atoms with Gasteiger partial charge in [0.05, 0.1) is 13.1 Å². The maximum absolute atomic E-state index is 13.1. The molecule has 2 rings (SSSR count). The first kappa shape index (κ1) is 12.5. The van der Waals surface area contributed by atoms with E-state index in [4.69, 9.17) is 0 Å². The lowest BCUT2D eigenvalue weighted by atomic mass is 10.1. The predicted molar refractivity (Wildman–Crippen MR) is 63.8 cm³/mol. The number of hydrogen-bond donors (Lipinski definition) is 1. The third-order valence-electron chi connectivity index (χ3n) is 3.50. The van der Waals surface area contributed by atoms with Gasteiger partial charge in [-0.2, -0.15) is 0 Å². The number of benzene rings is 1. The van der Waals surface area contributed by atoms with Crippen molar-refractivity contribution in [1.82, 2.24) is 0 Å². The van der Waals surface area contributed by atoms with Gasteiger partial charge in [0.25, 0.3) is 0 Å². The van der Waals surface area contributed by atoms with Gasteiger partial charge in [-0.05, 0) is 37.8 Å². The number of halogens is 2. The fraction of sp³-hybridized carbons (Fsp3) is 0.571. The highest BCUT2D eigenvalue weighted by molar-refractivity contribution is 5.16. The molecule has 94 valence electrons. The molecular weight excluding hydrogens is 220 g/mol. The predicted octanol–water partition coefficient (Wildman–Crippen LogP) is 2.31. The Kier molecular flexibility index (Phi) is 4.49. The first-order chi connectivity index (χ1) is 8.25. The van der Waals surface area contributed by atoms with Crippen molar-refractivity contribution in [3.05, 3.63) is 35.4 Å². The van der Waals surface area contributed by atoms with Crippen LogP contribution in [0.3, 0.4) is 0 Å². The van der Waals surface area contributed by atoms with Crippen LogP contribution in [0.4, 0.5) is 8.78 Å². The van der Waals surface area contributed by atoms with Gasteiger partial charge in [-0.3, -0.25) is 0 Å². The lowest BCUT2D eigenvalue weighted by Gasteiger charge is -2.21. The van der Waals surface area contributed by atoms with Crippen LogP contribution in [-0.2, 0) is 6.54 Å². The van der Waals surface area contributed by atoms with Gasteiger partial charge >= 0.3 is 0 Å². The molecule has 1 heterocycles. The second-order valence-corrected chi connectivity index (χ2v) is 4.94. The summed E-state index contributed by atoms with van der Waals surface area (Å²) in [6.45, 7) is 3.12. The largest absolute Gasteiger partial charge is 0.331 e. The highest BCUT2D eigenvalue weighted by atomic mass is 19.2. The minimum atomic E-state index is -0.753. The Hall–Kier alpha value is -0.960. The monoisotopic (exact) mass is 240 g/mol. The second-order valence-electron chi connectivity index (χ2n) is 4.94. The molecule has 1 N–H and O–H groups in total. The van der Waals surface area contributed by atoms with Crippen LogP contribution in [0, 0.1) is 11.6 Å². The van der Waals surface area contributed by atoms with E-state index in [1.54, 1.807) is 6.07 Å². The van der Waals surface area contributed by atoms with Crippen molar-refractivity contribution < 1.29 is 13.7 Å². The number of rotatable bonds is 2. The van der Waals surface area contributed by atoms with Crippen LogP contribution in [-0.4, -0.2) is 13.1 Å². The Morgan fingerprint density at radius 2 is 1.53 bits per heavy atom. The lowest BCUT2D eigenvalue weighted by molar-refractivity contribution is -0.914. The molecule has 0 saturated carbocycles. The smallest absolute Gasteiger partial charge is 0.159 e. The van der Waals surface area contributed by atoms with E-state index in [0.717, 1.165) is 25.2 Å². The summed E-state index contributed by atoms with van der Waals surface area (Å²) >= 11 is 0. The molecule has 1 nitrogen and oxygen atoms in total. The molecule has 1 saturated heterocycles. The number of likely N-dealkylation sites (tertiary alicyclic amines) is 1. The summed E-state index contributed by atoms with van der Waals surface area (Å²) in [5.41, 5.74) is 0.902. The molecule has 1 aliphatic heterocycles. The first-order valence-electron chi connectivity index (χ1n) is 6.53. The van der Waals surface area contributed by atoms with E-state index in [-0.39, 0.29) is 0 Å². The molecule has 0 aliphatic carbocycles. The van der Waals surface area contributed by atoms with E-state index in [9.17, 15) is 8.78 Å². The fourth-order valence-electron chi connectivity index (χ4n) is 2.52. The van der Waals surface area contributed by atoms with Crippen LogP contribution in [0.15, 0.2) is 18.2 Å². The number of quaternary nitrogens is 1. The van der Waals surface area contributed by atoms with E-state index in [1.165, 1.54) is 49.1 Å². The molecule has 1 aromatic carbocycles. The van der Waals surface area contributed by atoms with E-state index in [0.29, 0.717) is 0 Å². The van der Waals surface area contributed by atoms with Gasteiger partial charge in [-0.25, -0.2) is 8.78 Å². The zero-order valence-electron chi connectivity index (χ0n) is 10.1. The Bertz CT molecular complexity index is 357. The normalized spacial score (nSPS) is 18.7. The Labute approximate surface area is 101 Å². The van der Waals surface area contributed by atoms with Crippen LogP contribution in [0.25, 0.3) is 0 Å². The average molecular weight is 240 g/mol. The van der Waals surface area contributed by atoms with Crippen LogP contribution < -0.4 is 4.90 Å². The standard InChI is InChI=1S/C14H19F2N/c15-13-7-6-12(10-14(13)16)11-17-8-4-2-1-3-5-9-17/h6-7,10H,1-5,8-9,11H2/p+1. The Balaban J connectivity index is 1.95. The molecule has 0 radical (unpaired) electrons. The van der Waals surface area contributed by atoms with Crippen molar-refractivity contribution >= 4 is 0 Å². The van der Waals surface area contributed by atoms with Crippen LogP contribution >= 0.6 is 0 Å². The van der Waals surface area contributed by atoms with Crippen molar-refractivity contribution in [3.8, 4) is 0 Å². The van der Waals surface area contributed by atoms with Crippen molar-refractivity contribution in [1.29, 1.82) is 0 Å². The molecule has 0 amide bonds. The van der Waals surface area contributed by atoms with E-state index in [2.05, 4.69) is 0 Å². The van der Waals surface area contributed by atoms with Crippen molar-refractivity contribution in [2.75, 3.05) is 13.1 Å². The molecule has 3 heteroatoms. The lowest BCUT2D eigenvalue weighted by Crippen LogP contribution is -3.10. The summed E-state index contributed by atoms with van der Waals surface area (Å²) in [7, 11) is 0. The molecule has 17 heavy (non-hydrogen) atoms. The quantitative estimate of drug-likeness (QED) is 0.809. The minimum absolute atomic E-state index is 0.728. The van der Waals surface area contributed by atoms with Crippen LogP contribution in [0.2, 0.25) is 0 Å². The molecule has 0 unspecified atom stereocenters. The Morgan fingerprint density at radius 1 is 0.882 bits per heavy atom. The maximum Gasteiger partial charge on any atom is 0.159 e. The summed E-state index contributed by atoms with van der Waals surface area (Å²) in [5, 5.41) is 0. The topological polar surface area (TPSA) is 4.44 Å². The third-order valence-corrected chi connectivity index (χ3v) is 3.50. The SMILES string of the molecule is Fc1ccc(C[NH+]2CCCCCCC2)cc1F. The molecule has 1 aliphatic rings. The summed E-state index contributed by atoms with van der Waals surface area (Å²) in [4.78, 5) is 1.50. The first-order valence-corrected chi connectivity index (χ1v) is 6.53. The van der Waals surface area contributed by atoms with Gasteiger partial charge in [0.2, 0.25) is 0 Å². The second kappa shape index (κ2) is 6.10. The number of nitrogens with one attached hydrogen (secondary N) is 1. The summed E-state index contributed by atoms with van der Waals surface area (Å²) in [6.07, 6.45) is 6.46. The van der Waals surface area contributed by atoms with Crippen molar-refractivity contribution in [2.45, 2.75) is 38.6 Å². The van der Waals surface area contributed by atoms with Crippen molar-refractivity contribution in [3.63, 3.8) is 0 Å². The fourth-order valence-corrected chi connectivity index (χ4v) is 2.52. The van der Waals surface area contributed by atoms with E-state index in [1.807, 2.05) is 0 Å². The highest BCUT2D eigenvalue weighted by Crippen LogP contribution is 2.08. The maximum atomic E-state index is 13.1. The van der Waals surface area contributed by atoms with E-state index >= 15 is 0 Å². The van der Waals surface area contributed by atoms with Crippen LogP contribution in [0.5, 0.6) is 0 Å². The molecule has 0 bridgehead atoms. The molecule has 1 fully saturated rings. The van der Waals surface area contributed by atoms with Gasteiger partial charge in [0.15, 0.2) is 11.6 Å². The molecule has 0 spiro atoms. The number of hydrogen-bond acceptors (Lipinski definition) is 0. The molecule has 0 aromatic heterocycles. The molecule has 0 atom stereocenters. The van der Waals surface area contributed by atoms with Gasteiger partial charge < -0.3 is 4.90 Å². The van der Waals surface area contributed by atoms with Gasteiger partial charge in [-0.1, -0.05) is 12.5 Å². The zero-order chi connectivity index (χ0) is 12.1. The summed E-state index contributed by atoms with van der Waals surface area (Å²) in [5.74, 6) is -1.48. The summed E-state index contributed by atoms with van der Waals surface area (Å²) in [6, 6.07) is 4.26. The molecular formula is C14H20F2N+. The van der Waals surface area contributed by atoms with Crippen molar-refractivity contribution in [2.24, 2.45) is 0 Å². The molecule has 1 aromatic rings. The Morgan fingerprint density at radius 3 is 2.18 bits per heavy atom. The summed E-state index contributed by atoms with van der Waals surface area (Å²) < 4.78 is 25.9. The van der Waals surface area contributed by atoms with Gasteiger partial charge in [0.1, 0.15) is 6.54 Å². The van der Waals surface area contributed by atoms with E-state index < -0.39 is 11.6 Å². The van der Waals surface area contributed by atoms with Gasteiger partial charge in [0, 0.05) is 5.56 Å². The highest BCUT2D eigenvalue weighted by Gasteiger charge is 2.13. The van der Waals surface area contributed by atoms with Gasteiger partial charge in [-0.15, -0.1) is 0 Å². The minimum Gasteiger partial charge on any atom is -0.331 e. The average Bonchev–Trinajstić information content (AvgIpc) is 2.27. The third kappa shape index (κ3) is 3.77. The zero-order valence-corrected chi connectivity index (χ0v) is 10.1. The van der Waals surface area contributed by atoms with Crippen LogP contribution in [0.1, 0.15) is 37.7 Å².